The first kappa shape index (κ1) is 17.9. The Morgan fingerprint density at radius 1 is 1.12 bits per heavy atom. The molecule has 3 rings (SSSR count). The summed E-state index contributed by atoms with van der Waals surface area (Å²) in [5.41, 5.74) is 0.945. The fourth-order valence-corrected chi connectivity index (χ4v) is 4.92. The van der Waals surface area contributed by atoms with Gasteiger partial charge >= 0.3 is 0 Å². The highest BCUT2D eigenvalue weighted by atomic mass is 32.2. The van der Waals surface area contributed by atoms with Crippen molar-refractivity contribution in [3.8, 4) is 5.75 Å². The molecule has 0 N–H and O–H groups in total. The summed E-state index contributed by atoms with van der Waals surface area (Å²) >= 11 is 0. The minimum absolute atomic E-state index is 0.0953. The Labute approximate surface area is 148 Å². The summed E-state index contributed by atoms with van der Waals surface area (Å²) in [5, 5.41) is 0. The van der Waals surface area contributed by atoms with Crippen LogP contribution >= 0.6 is 0 Å². The average Bonchev–Trinajstić information content (AvgIpc) is 3.07. The molecule has 2 aromatic rings. The van der Waals surface area contributed by atoms with Gasteiger partial charge in [-0.1, -0.05) is 12.1 Å². The molecule has 134 valence electrons. The normalized spacial score (nSPS) is 18.4. The molecule has 1 atom stereocenters. The zero-order valence-corrected chi connectivity index (χ0v) is 15.0. The van der Waals surface area contributed by atoms with Crippen molar-refractivity contribution in [3.05, 3.63) is 59.9 Å². The maximum absolute atomic E-state index is 13.1. The van der Waals surface area contributed by atoms with Gasteiger partial charge in [0, 0.05) is 12.6 Å². The van der Waals surface area contributed by atoms with Crippen molar-refractivity contribution in [2.45, 2.75) is 37.1 Å². The fourth-order valence-electron chi connectivity index (χ4n) is 3.23. The molecule has 0 aliphatic carbocycles. The molecule has 1 aliphatic rings. The van der Waals surface area contributed by atoms with Gasteiger partial charge in [0.25, 0.3) is 0 Å². The second kappa shape index (κ2) is 7.54. The van der Waals surface area contributed by atoms with Crippen molar-refractivity contribution in [3.63, 3.8) is 0 Å². The summed E-state index contributed by atoms with van der Waals surface area (Å²) in [6.07, 6.45) is 2.24. The summed E-state index contributed by atoms with van der Waals surface area (Å²) < 4.78 is 46.0. The highest BCUT2D eigenvalue weighted by Crippen LogP contribution is 2.29. The van der Waals surface area contributed by atoms with Crippen LogP contribution in [0, 0.1) is 5.82 Å². The van der Waals surface area contributed by atoms with Crippen LogP contribution in [0.25, 0.3) is 0 Å². The SMILES string of the molecule is CCOc1ccc(S(=O)(=O)N2CCCC2Cc2ccc(F)cc2)cc1. The molecular weight excluding hydrogens is 341 g/mol. The maximum Gasteiger partial charge on any atom is 0.243 e. The highest BCUT2D eigenvalue weighted by molar-refractivity contribution is 7.89. The quantitative estimate of drug-likeness (QED) is 0.787. The number of hydrogen-bond acceptors (Lipinski definition) is 3. The zero-order valence-electron chi connectivity index (χ0n) is 14.2. The third-order valence-electron chi connectivity index (χ3n) is 4.45. The lowest BCUT2D eigenvalue weighted by Gasteiger charge is -2.24. The van der Waals surface area contributed by atoms with E-state index >= 15 is 0 Å². The molecule has 0 amide bonds. The fraction of sp³-hybridized carbons (Fsp3) is 0.368. The number of sulfonamides is 1. The van der Waals surface area contributed by atoms with Crippen LogP contribution < -0.4 is 4.74 Å². The summed E-state index contributed by atoms with van der Waals surface area (Å²) in [5.74, 6) is 0.375. The molecule has 4 nitrogen and oxygen atoms in total. The number of benzene rings is 2. The van der Waals surface area contributed by atoms with Gasteiger partial charge in [-0.15, -0.1) is 0 Å². The molecule has 6 heteroatoms. The van der Waals surface area contributed by atoms with Crippen LogP contribution in [-0.2, 0) is 16.4 Å². The second-order valence-corrected chi connectivity index (χ2v) is 8.04. The number of nitrogens with zero attached hydrogens (tertiary/aromatic N) is 1. The van der Waals surface area contributed by atoms with E-state index in [1.54, 1.807) is 40.7 Å². The van der Waals surface area contributed by atoms with Crippen LogP contribution in [-0.4, -0.2) is 31.9 Å². The van der Waals surface area contributed by atoms with E-state index in [1.165, 1.54) is 12.1 Å². The first-order valence-corrected chi connectivity index (χ1v) is 9.94. The summed E-state index contributed by atoms with van der Waals surface area (Å²) in [6.45, 7) is 2.94. The first-order chi connectivity index (χ1) is 12.0. The number of hydrogen-bond donors (Lipinski definition) is 0. The van der Waals surface area contributed by atoms with Gasteiger partial charge in [0.2, 0.25) is 10.0 Å². The Morgan fingerprint density at radius 3 is 2.44 bits per heavy atom. The average molecular weight is 363 g/mol. The molecular formula is C19H22FNO3S. The van der Waals surface area contributed by atoms with Crippen molar-refractivity contribution < 1.29 is 17.5 Å². The highest BCUT2D eigenvalue weighted by Gasteiger charge is 2.35. The molecule has 1 saturated heterocycles. The minimum atomic E-state index is -3.54. The summed E-state index contributed by atoms with van der Waals surface area (Å²) in [6, 6.07) is 12.7. The van der Waals surface area contributed by atoms with E-state index in [1.807, 2.05) is 6.92 Å². The number of ether oxygens (including phenoxy) is 1. The van der Waals surface area contributed by atoms with Crippen LogP contribution in [0.5, 0.6) is 5.75 Å². The maximum atomic E-state index is 13.1. The molecule has 1 heterocycles. The Hall–Kier alpha value is -1.92. The minimum Gasteiger partial charge on any atom is -0.494 e. The van der Waals surface area contributed by atoms with Crippen LogP contribution in [0.3, 0.4) is 0 Å². The van der Waals surface area contributed by atoms with Crippen molar-refractivity contribution in [2.75, 3.05) is 13.2 Å². The van der Waals surface area contributed by atoms with Crippen LogP contribution in [0.2, 0.25) is 0 Å². The van der Waals surface area contributed by atoms with Gasteiger partial charge in [-0.05, 0) is 68.1 Å². The molecule has 25 heavy (non-hydrogen) atoms. The largest absolute Gasteiger partial charge is 0.494 e. The number of halogens is 1. The first-order valence-electron chi connectivity index (χ1n) is 8.50. The number of rotatable bonds is 6. The summed E-state index contributed by atoms with van der Waals surface area (Å²) in [4.78, 5) is 0.280. The Kier molecular flexibility index (Phi) is 5.39. The van der Waals surface area contributed by atoms with Gasteiger partial charge < -0.3 is 4.74 Å². The lowest BCUT2D eigenvalue weighted by molar-refractivity contribution is 0.340. The summed E-state index contributed by atoms with van der Waals surface area (Å²) in [7, 11) is -3.54. The predicted octanol–water partition coefficient (Wildman–Crippen LogP) is 3.62. The van der Waals surface area contributed by atoms with Crippen molar-refractivity contribution in [2.24, 2.45) is 0 Å². The Morgan fingerprint density at radius 2 is 1.80 bits per heavy atom. The Balaban J connectivity index is 1.79. The molecule has 2 aromatic carbocycles. The second-order valence-electron chi connectivity index (χ2n) is 6.15. The van der Waals surface area contributed by atoms with E-state index in [2.05, 4.69) is 0 Å². The predicted molar refractivity (Wildman–Crippen MR) is 94.6 cm³/mol. The molecule has 0 saturated carbocycles. The van der Waals surface area contributed by atoms with Gasteiger partial charge in [-0.2, -0.15) is 4.31 Å². The van der Waals surface area contributed by atoms with Crippen LogP contribution in [0.4, 0.5) is 4.39 Å². The van der Waals surface area contributed by atoms with Crippen LogP contribution in [0.15, 0.2) is 53.4 Å². The molecule has 0 aromatic heterocycles. The van der Waals surface area contributed by atoms with E-state index in [-0.39, 0.29) is 16.8 Å². The van der Waals surface area contributed by atoms with Gasteiger partial charge in [0.1, 0.15) is 11.6 Å². The van der Waals surface area contributed by atoms with E-state index in [0.29, 0.717) is 25.3 Å². The molecule has 1 unspecified atom stereocenters. The van der Waals surface area contributed by atoms with Crippen LogP contribution in [0.1, 0.15) is 25.3 Å². The smallest absolute Gasteiger partial charge is 0.243 e. The van der Waals surface area contributed by atoms with Crippen molar-refractivity contribution in [1.29, 1.82) is 0 Å². The van der Waals surface area contributed by atoms with Gasteiger partial charge in [-0.25, -0.2) is 12.8 Å². The van der Waals surface area contributed by atoms with E-state index in [9.17, 15) is 12.8 Å². The van der Waals surface area contributed by atoms with Gasteiger partial charge in [0.15, 0.2) is 0 Å². The monoisotopic (exact) mass is 363 g/mol. The van der Waals surface area contributed by atoms with Crippen molar-refractivity contribution in [1.82, 2.24) is 4.31 Å². The third kappa shape index (κ3) is 4.02. The van der Waals surface area contributed by atoms with Gasteiger partial charge in [0.05, 0.1) is 11.5 Å². The molecule has 1 aliphatic heterocycles. The van der Waals surface area contributed by atoms with Crippen molar-refractivity contribution >= 4 is 10.0 Å². The van der Waals surface area contributed by atoms with E-state index < -0.39 is 10.0 Å². The Bertz CT molecular complexity index is 804. The molecule has 0 radical (unpaired) electrons. The lowest BCUT2D eigenvalue weighted by Crippen LogP contribution is -2.36. The van der Waals surface area contributed by atoms with E-state index in [0.717, 1.165) is 18.4 Å². The molecule has 0 bridgehead atoms. The standard InChI is InChI=1S/C19H22FNO3S/c1-2-24-18-9-11-19(12-10-18)25(22,23)21-13-3-4-17(21)14-15-5-7-16(20)8-6-15/h5-12,17H,2-4,13-14H2,1H3. The van der Waals surface area contributed by atoms with E-state index in [4.69, 9.17) is 4.74 Å². The molecule has 1 fully saturated rings. The zero-order chi connectivity index (χ0) is 17.9. The van der Waals surface area contributed by atoms with Gasteiger partial charge in [-0.3, -0.25) is 0 Å². The molecule has 0 spiro atoms. The third-order valence-corrected chi connectivity index (χ3v) is 6.42. The topological polar surface area (TPSA) is 46.6 Å². The lowest BCUT2D eigenvalue weighted by atomic mass is 10.0.